The Morgan fingerprint density at radius 1 is 1.19 bits per heavy atom. The Morgan fingerprint density at radius 3 is 2.00 bits per heavy atom. The van der Waals surface area contributed by atoms with Gasteiger partial charge in [0.2, 0.25) is 11.8 Å². The molecule has 1 aliphatic rings. The fourth-order valence-electron chi connectivity index (χ4n) is 1.82. The summed E-state index contributed by atoms with van der Waals surface area (Å²) < 4.78 is 0. The number of nitrogens with zero attached hydrogens (tertiary/aromatic N) is 1. The van der Waals surface area contributed by atoms with Crippen LogP contribution in [0.15, 0.2) is 0 Å². The molecular formula is C11H17NO4. The fourth-order valence-corrected chi connectivity index (χ4v) is 1.82. The molecule has 1 aliphatic heterocycles. The number of carboxylic acid groups (broad SMARTS) is 1. The fraction of sp³-hybridized carbons (Fsp3) is 0.727. The van der Waals surface area contributed by atoms with Gasteiger partial charge in [-0.3, -0.25) is 19.3 Å². The van der Waals surface area contributed by atoms with Crippen LogP contribution < -0.4 is 0 Å². The van der Waals surface area contributed by atoms with Crippen LogP contribution in [0.4, 0.5) is 0 Å². The van der Waals surface area contributed by atoms with Crippen molar-refractivity contribution in [3.05, 3.63) is 0 Å². The summed E-state index contributed by atoms with van der Waals surface area (Å²) in [7, 11) is 0. The number of carboxylic acids is 1. The Kier molecular flexibility index (Phi) is 4.04. The number of hydrogen-bond acceptors (Lipinski definition) is 3. The minimum Gasteiger partial charge on any atom is -0.481 e. The molecule has 1 rings (SSSR count). The zero-order chi connectivity index (χ0) is 12.3. The zero-order valence-corrected chi connectivity index (χ0v) is 9.60. The number of rotatable bonds is 3. The molecule has 0 aromatic rings. The van der Waals surface area contributed by atoms with Gasteiger partial charge in [-0.15, -0.1) is 0 Å². The smallest absolute Gasteiger partial charge is 0.308 e. The Morgan fingerprint density at radius 2 is 1.62 bits per heavy atom. The van der Waals surface area contributed by atoms with Crippen molar-refractivity contribution < 1.29 is 19.5 Å². The van der Waals surface area contributed by atoms with Crippen molar-refractivity contribution in [2.24, 2.45) is 5.92 Å². The van der Waals surface area contributed by atoms with Crippen molar-refractivity contribution in [2.75, 3.05) is 0 Å². The maximum Gasteiger partial charge on any atom is 0.308 e. The van der Waals surface area contributed by atoms with Crippen LogP contribution in [0, 0.1) is 5.92 Å². The van der Waals surface area contributed by atoms with Crippen molar-refractivity contribution in [3.8, 4) is 0 Å². The lowest BCUT2D eigenvalue weighted by Crippen LogP contribution is -2.46. The lowest BCUT2D eigenvalue weighted by Gasteiger charge is -2.28. The summed E-state index contributed by atoms with van der Waals surface area (Å²) in [6.07, 6.45) is 2.08. The van der Waals surface area contributed by atoms with E-state index in [0.29, 0.717) is 25.7 Å². The van der Waals surface area contributed by atoms with E-state index in [1.807, 2.05) is 0 Å². The van der Waals surface area contributed by atoms with Crippen LogP contribution in [0.2, 0.25) is 0 Å². The van der Waals surface area contributed by atoms with Gasteiger partial charge in [0.25, 0.3) is 0 Å². The molecule has 2 unspecified atom stereocenters. The van der Waals surface area contributed by atoms with Gasteiger partial charge in [0.1, 0.15) is 0 Å². The topological polar surface area (TPSA) is 74.7 Å². The number of carbonyl (C=O) groups excluding carboxylic acids is 2. The van der Waals surface area contributed by atoms with Gasteiger partial charge in [0.05, 0.1) is 5.92 Å². The van der Waals surface area contributed by atoms with Gasteiger partial charge >= 0.3 is 5.97 Å². The first-order valence-electron chi connectivity index (χ1n) is 5.53. The van der Waals surface area contributed by atoms with Gasteiger partial charge in [0, 0.05) is 18.9 Å². The van der Waals surface area contributed by atoms with E-state index in [0.717, 1.165) is 4.90 Å². The van der Waals surface area contributed by atoms with Crippen LogP contribution in [0.1, 0.15) is 39.5 Å². The molecule has 0 radical (unpaired) electrons. The first kappa shape index (κ1) is 12.7. The molecule has 1 N–H and O–H groups in total. The summed E-state index contributed by atoms with van der Waals surface area (Å²) in [5, 5.41) is 8.88. The molecule has 5 heteroatoms. The number of imide groups is 1. The predicted molar refractivity (Wildman–Crippen MR) is 56.6 cm³/mol. The van der Waals surface area contributed by atoms with E-state index in [-0.39, 0.29) is 11.8 Å². The number of hydrogen-bond donors (Lipinski definition) is 1. The number of aliphatic carboxylic acids is 1. The summed E-state index contributed by atoms with van der Waals surface area (Å²) in [6.45, 7) is 3.12. The second-order valence-electron chi connectivity index (χ2n) is 4.23. The van der Waals surface area contributed by atoms with Crippen molar-refractivity contribution in [1.82, 2.24) is 4.90 Å². The van der Waals surface area contributed by atoms with E-state index < -0.39 is 17.9 Å². The normalized spacial score (nSPS) is 21.5. The highest BCUT2D eigenvalue weighted by molar-refractivity contribution is 5.96. The summed E-state index contributed by atoms with van der Waals surface area (Å²) in [4.78, 5) is 35.4. The molecular weight excluding hydrogens is 210 g/mol. The van der Waals surface area contributed by atoms with Crippen molar-refractivity contribution in [2.45, 2.75) is 45.6 Å². The second-order valence-corrected chi connectivity index (χ2v) is 4.23. The van der Waals surface area contributed by atoms with Crippen LogP contribution in [0.25, 0.3) is 0 Å². The second kappa shape index (κ2) is 5.09. The van der Waals surface area contributed by atoms with Crippen molar-refractivity contribution in [3.63, 3.8) is 0 Å². The van der Waals surface area contributed by atoms with E-state index in [1.165, 1.54) is 6.92 Å². The summed E-state index contributed by atoms with van der Waals surface area (Å²) in [5.74, 6) is -2.21. The molecule has 2 atom stereocenters. The van der Waals surface area contributed by atoms with Crippen LogP contribution >= 0.6 is 0 Å². The average molecular weight is 227 g/mol. The molecule has 0 aromatic carbocycles. The standard InChI is InChI=1S/C11H17NO4/c1-7(11(15)16)8(2)12-9(13)5-3-4-6-10(12)14/h7-8H,3-6H2,1-2H3,(H,15,16). The third-order valence-corrected chi connectivity index (χ3v) is 3.09. The lowest BCUT2D eigenvalue weighted by atomic mass is 10.0. The van der Waals surface area contributed by atoms with Crippen LogP contribution in [0.3, 0.4) is 0 Å². The molecule has 0 aliphatic carbocycles. The molecule has 0 aromatic heterocycles. The maximum atomic E-state index is 11.7. The summed E-state index contributed by atoms with van der Waals surface area (Å²) in [5.41, 5.74) is 0. The van der Waals surface area contributed by atoms with Gasteiger partial charge in [-0.05, 0) is 26.7 Å². The quantitative estimate of drug-likeness (QED) is 0.730. The van der Waals surface area contributed by atoms with Crippen LogP contribution in [0.5, 0.6) is 0 Å². The van der Waals surface area contributed by atoms with E-state index in [9.17, 15) is 14.4 Å². The number of likely N-dealkylation sites (tertiary alicyclic amines) is 1. The van der Waals surface area contributed by atoms with Gasteiger partial charge in [-0.25, -0.2) is 0 Å². The largest absolute Gasteiger partial charge is 0.481 e. The van der Waals surface area contributed by atoms with Gasteiger partial charge in [0.15, 0.2) is 0 Å². The minimum atomic E-state index is -0.989. The maximum absolute atomic E-state index is 11.7. The Bertz CT molecular complexity index is 295. The first-order chi connectivity index (χ1) is 7.45. The molecule has 2 amide bonds. The predicted octanol–water partition coefficient (Wildman–Crippen LogP) is 1.02. The molecule has 90 valence electrons. The monoisotopic (exact) mass is 227 g/mol. The highest BCUT2D eigenvalue weighted by Crippen LogP contribution is 2.19. The molecule has 1 fully saturated rings. The Balaban J connectivity index is 2.85. The molecule has 0 saturated carbocycles. The summed E-state index contributed by atoms with van der Waals surface area (Å²) in [6, 6.07) is -0.574. The lowest BCUT2D eigenvalue weighted by molar-refractivity contribution is -0.151. The third-order valence-electron chi connectivity index (χ3n) is 3.09. The van der Waals surface area contributed by atoms with Gasteiger partial charge in [-0.1, -0.05) is 0 Å². The molecule has 0 bridgehead atoms. The van der Waals surface area contributed by atoms with Gasteiger partial charge < -0.3 is 5.11 Å². The van der Waals surface area contributed by atoms with Crippen molar-refractivity contribution >= 4 is 17.8 Å². The van der Waals surface area contributed by atoms with Crippen LogP contribution in [-0.4, -0.2) is 33.8 Å². The van der Waals surface area contributed by atoms with E-state index in [1.54, 1.807) is 6.92 Å². The van der Waals surface area contributed by atoms with Crippen LogP contribution in [-0.2, 0) is 14.4 Å². The molecule has 5 nitrogen and oxygen atoms in total. The SMILES string of the molecule is CC(C(=O)O)C(C)N1C(=O)CCCCC1=O. The Labute approximate surface area is 94.4 Å². The zero-order valence-electron chi connectivity index (χ0n) is 9.60. The van der Waals surface area contributed by atoms with Gasteiger partial charge in [-0.2, -0.15) is 0 Å². The van der Waals surface area contributed by atoms with E-state index in [2.05, 4.69) is 0 Å². The first-order valence-corrected chi connectivity index (χ1v) is 5.53. The number of amides is 2. The van der Waals surface area contributed by atoms with E-state index >= 15 is 0 Å². The molecule has 1 heterocycles. The number of carbonyl (C=O) groups is 3. The molecule has 16 heavy (non-hydrogen) atoms. The van der Waals surface area contributed by atoms with E-state index in [4.69, 9.17) is 5.11 Å². The minimum absolute atomic E-state index is 0.247. The average Bonchev–Trinajstić information content (AvgIpc) is 2.38. The highest BCUT2D eigenvalue weighted by atomic mass is 16.4. The summed E-state index contributed by atoms with van der Waals surface area (Å²) >= 11 is 0. The molecule has 0 spiro atoms. The Hall–Kier alpha value is -1.39. The third kappa shape index (κ3) is 2.59. The highest BCUT2D eigenvalue weighted by Gasteiger charge is 2.33. The van der Waals surface area contributed by atoms with Crippen molar-refractivity contribution in [1.29, 1.82) is 0 Å². The molecule has 1 saturated heterocycles.